The molecule has 0 heterocycles. The van der Waals surface area contributed by atoms with Crippen LogP contribution < -0.4 is 5.32 Å². The zero-order valence-electron chi connectivity index (χ0n) is 13.6. The molecule has 0 saturated carbocycles. The molecule has 0 unspecified atom stereocenters. The molecule has 4 heteroatoms. The average molecular weight is 294 g/mol. The fourth-order valence-electron chi connectivity index (χ4n) is 1.93. The third-order valence-electron chi connectivity index (χ3n) is 3.21. The number of unbranched alkanes of at least 4 members (excludes halogenated alkanes) is 7. The molecule has 0 atom stereocenters. The highest BCUT2D eigenvalue weighted by molar-refractivity contribution is 5.92. The molecule has 1 N–H and O–H groups in total. The molecule has 0 aliphatic carbocycles. The molecular weight excluding hydrogens is 264 g/mol. The molecule has 0 bridgehead atoms. The van der Waals surface area contributed by atoms with E-state index >= 15 is 0 Å². The van der Waals surface area contributed by atoms with Crippen LogP contribution in [0.5, 0.6) is 0 Å². The van der Waals surface area contributed by atoms with Crippen molar-refractivity contribution in [1.82, 2.24) is 5.32 Å². The number of hydrogen-bond donors (Lipinski definition) is 1. The van der Waals surface area contributed by atoms with E-state index < -0.39 is 5.97 Å². The lowest BCUT2D eigenvalue weighted by Crippen LogP contribution is -2.13. The summed E-state index contributed by atoms with van der Waals surface area (Å²) in [5.41, 5.74) is 0.0445. The first-order valence-electron chi connectivity index (χ1n) is 8.27. The lowest BCUT2D eigenvalue weighted by Gasteiger charge is -2.04. The maximum absolute atomic E-state index is 11.6. The molecule has 4 nitrogen and oxygen atoms in total. The Labute approximate surface area is 129 Å². The summed E-state index contributed by atoms with van der Waals surface area (Å²) < 4.78 is 5.10. The van der Waals surface area contributed by atoms with Crippen molar-refractivity contribution >= 4 is 5.97 Å². The molecule has 0 aliphatic rings. The van der Waals surface area contributed by atoms with Gasteiger partial charge in [0.25, 0.3) is 0 Å². The van der Waals surface area contributed by atoms with Crippen LogP contribution in [0.2, 0.25) is 0 Å². The van der Waals surface area contributed by atoms with Gasteiger partial charge < -0.3 is 10.1 Å². The second kappa shape index (κ2) is 14.9. The second-order valence-corrected chi connectivity index (χ2v) is 5.23. The van der Waals surface area contributed by atoms with Gasteiger partial charge in [-0.05, 0) is 12.8 Å². The third kappa shape index (κ3) is 12.0. The summed E-state index contributed by atoms with van der Waals surface area (Å²) in [6, 6.07) is 1.87. The number of carbonyl (C=O) groups excluding carboxylic acids is 1. The van der Waals surface area contributed by atoms with Crippen LogP contribution >= 0.6 is 0 Å². The van der Waals surface area contributed by atoms with Crippen LogP contribution in [0, 0.1) is 11.3 Å². The molecule has 0 aromatic rings. The van der Waals surface area contributed by atoms with Crippen LogP contribution in [0.4, 0.5) is 0 Å². The molecule has 0 radical (unpaired) electrons. The zero-order valence-corrected chi connectivity index (χ0v) is 13.6. The third-order valence-corrected chi connectivity index (χ3v) is 3.21. The quantitative estimate of drug-likeness (QED) is 0.241. The average Bonchev–Trinajstić information content (AvgIpc) is 2.50. The Morgan fingerprint density at radius 3 is 2.24 bits per heavy atom. The topological polar surface area (TPSA) is 62.1 Å². The highest BCUT2D eigenvalue weighted by Gasteiger charge is 2.09. The van der Waals surface area contributed by atoms with E-state index in [-0.39, 0.29) is 5.57 Å². The molecule has 0 aromatic heterocycles. The molecule has 0 spiro atoms. The van der Waals surface area contributed by atoms with Crippen LogP contribution in [0.1, 0.15) is 71.6 Å². The van der Waals surface area contributed by atoms with Crippen molar-refractivity contribution in [2.45, 2.75) is 71.6 Å². The number of rotatable bonds is 13. The summed E-state index contributed by atoms with van der Waals surface area (Å²) >= 11 is 0. The summed E-state index contributed by atoms with van der Waals surface area (Å²) in [4.78, 5) is 11.6. The van der Waals surface area contributed by atoms with Gasteiger partial charge >= 0.3 is 5.97 Å². The van der Waals surface area contributed by atoms with E-state index in [4.69, 9.17) is 10.00 Å². The highest BCUT2D eigenvalue weighted by Crippen LogP contribution is 2.08. The molecule has 120 valence electrons. The molecular formula is C17H30N2O2. The van der Waals surface area contributed by atoms with Crippen molar-refractivity contribution < 1.29 is 9.53 Å². The number of nitrogens with one attached hydrogen (secondary N) is 1. The van der Waals surface area contributed by atoms with Crippen LogP contribution in [0.15, 0.2) is 11.8 Å². The number of esters is 1. The maximum atomic E-state index is 11.6. The Hall–Kier alpha value is -1.50. The van der Waals surface area contributed by atoms with E-state index in [9.17, 15) is 4.79 Å². The fraction of sp³-hybridized carbons (Fsp3) is 0.765. The van der Waals surface area contributed by atoms with Gasteiger partial charge in [0.05, 0.1) is 6.61 Å². The molecule has 0 rings (SSSR count). The lowest BCUT2D eigenvalue weighted by atomic mass is 10.1. The summed E-state index contributed by atoms with van der Waals surface area (Å²) in [5.74, 6) is -0.524. The van der Waals surface area contributed by atoms with Crippen molar-refractivity contribution in [2.24, 2.45) is 0 Å². The number of nitriles is 1. The van der Waals surface area contributed by atoms with E-state index in [0.29, 0.717) is 6.61 Å². The Kier molecular flexibility index (Phi) is 13.8. The van der Waals surface area contributed by atoms with Gasteiger partial charge in [0.15, 0.2) is 5.57 Å². The summed E-state index contributed by atoms with van der Waals surface area (Å²) in [7, 11) is 0. The first-order valence-corrected chi connectivity index (χ1v) is 8.27. The minimum atomic E-state index is -0.524. The van der Waals surface area contributed by atoms with Gasteiger partial charge in [-0.15, -0.1) is 0 Å². The van der Waals surface area contributed by atoms with E-state index in [2.05, 4.69) is 12.2 Å². The van der Waals surface area contributed by atoms with Crippen molar-refractivity contribution in [3.63, 3.8) is 0 Å². The van der Waals surface area contributed by atoms with Crippen LogP contribution in [0.25, 0.3) is 0 Å². The predicted molar refractivity (Wildman–Crippen MR) is 85.6 cm³/mol. The van der Waals surface area contributed by atoms with Gasteiger partial charge in [0, 0.05) is 12.7 Å². The van der Waals surface area contributed by atoms with Crippen molar-refractivity contribution in [1.29, 1.82) is 5.26 Å². The van der Waals surface area contributed by atoms with Gasteiger partial charge in [0.2, 0.25) is 0 Å². The largest absolute Gasteiger partial charge is 0.462 e. The molecule has 0 amide bonds. The molecule has 0 saturated heterocycles. The van der Waals surface area contributed by atoms with Crippen molar-refractivity contribution in [3.05, 3.63) is 11.8 Å². The van der Waals surface area contributed by atoms with Crippen LogP contribution in [-0.4, -0.2) is 19.1 Å². The van der Waals surface area contributed by atoms with E-state index in [1.807, 2.05) is 13.0 Å². The van der Waals surface area contributed by atoms with Crippen molar-refractivity contribution in [3.8, 4) is 6.07 Å². The monoisotopic (exact) mass is 294 g/mol. The SMILES string of the molecule is CCCCCCCCCCOC(=O)/C(C#N)=C/NCCC. The Balaban J connectivity index is 3.60. The molecule has 0 fully saturated rings. The van der Waals surface area contributed by atoms with Crippen LogP contribution in [-0.2, 0) is 9.53 Å². The standard InChI is InChI=1S/C17H30N2O2/c1-3-5-6-7-8-9-10-11-13-21-17(20)16(14-18)15-19-12-4-2/h15,19H,3-13H2,1-2H3/b16-15+. The first-order chi connectivity index (χ1) is 10.3. The number of carbonyl (C=O) groups is 1. The first kappa shape index (κ1) is 19.5. The zero-order chi connectivity index (χ0) is 15.8. The van der Waals surface area contributed by atoms with Gasteiger partial charge in [-0.2, -0.15) is 5.26 Å². The van der Waals surface area contributed by atoms with Gasteiger partial charge in [0.1, 0.15) is 6.07 Å². The predicted octanol–water partition coefficient (Wildman–Crippen LogP) is 4.08. The van der Waals surface area contributed by atoms with E-state index in [0.717, 1.165) is 25.8 Å². The Bertz CT molecular complexity index is 332. The lowest BCUT2D eigenvalue weighted by molar-refractivity contribution is -0.138. The summed E-state index contributed by atoms with van der Waals surface area (Å²) in [6.07, 6.45) is 12.0. The number of nitrogens with zero attached hydrogens (tertiary/aromatic N) is 1. The number of ether oxygens (including phenoxy) is 1. The summed E-state index contributed by atoms with van der Waals surface area (Å²) in [5, 5.41) is 11.8. The molecule has 0 aromatic carbocycles. The van der Waals surface area contributed by atoms with E-state index in [1.165, 1.54) is 44.7 Å². The minimum Gasteiger partial charge on any atom is -0.462 e. The van der Waals surface area contributed by atoms with Crippen molar-refractivity contribution in [2.75, 3.05) is 13.2 Å². The molecule has 0 aliphatic heterocycles. The Morgan fingerprint density at radius 2 is 1.67 bits per heavy atom. The minimum absolute atomic E-state index is 0.0445. The summed E-state index contributed by atoms with van der Waals surface area (Å²) in [6.45, 7) is 5.39. The second-order valence-electron chi connectivity index (χ2n) is 5.23. The van der Waals surface area contributed by atoms with Gasteiger partial charge in [-0.25, -0.2) is 4.79 Å². The van der Waals surface area contributed by atoms with Gasteiger partial charge in [-0.3, -0.25) is 0 Å². The highest BCUT2D eigenvalue weighted by atomic mass is 16.5. The normalized spacial score (nSPS) is 11.0. The van der Waals surface area contributed by atoms with E-state index in [1.54, 1.807) is 0 Å². The molecule has 21 heavy (non-hydrogen) atoms. The van der Waals surface area contributed by atoms with Crippen LogP contribution in [0.3, 0.4) is 0 Å². The maximum Gasteiger partial charge on any atom is 0.350 e. The Morgan fingerprint density at radius 1 is 1.05 bits per heavy atom. The number of hydrogen-bond acceptors (Lipinski definition) is 4. The van der Waals surface area contributed by atoms with Gasteiger partial charge in [-0.1, -0.05) is 58.8 Å². The fourth-order valence-corrected chi connectivity index (χ4v) is 1.93. The smallest absolute Gasteiger partial charge is 0.350 e.